The van der Waals surface area contributed by atoms with Gasteiger partial charge in [0.05, 0.1) is 4.92 Å². The van der Waals surface area contributed by atoms with Crippen molar-refractivity contribution in [2.45, 2.75) is 33.2 Å². The first-order valence-electron chi connectivity index (χ1n) is 6.07. The zero-order chi connectivity index (χ0) is 12.7. The summed E-state index contributed by atoms with van der Waals surface area (Å²) in [5, 5.41) is 13.9. The van der Waals surface area contributed by atoms with Crippen molar-refractivity contribution in [3.63, 3.8) is 0 Å². The smallest absolute Gasteiger partial charge is 0.269 e. The van der Waals surface area contributed by atoms with Crippen LogP contribution in [0.15, 0.2) is 24.3 Å². The summed E-state index contributed by atoms with van der Waals surface area (Å²) in [5.74, 6) is 0.652. The molecule has 1 atom stereocenters. The van der Waals surface area contributed by atoms with Crippen molar-refractivity contribution in [2.75, 3.05) is 6.54 Å². The minimum Gasteiger partial charge on any atom is -0.312 e. The minimum absolute atomic E-state index is 0.158. The molecule has 1 unspecified atom stereocenters. The molecule has 1 rings (SSSR count). The lowest BCUT2D eigenvalue weighted by Crippen LogP contribution is -2.20. The number of benzene rings is 1. The van der Waals surface area contributed by atoms with E-state index >= 15 is 0 Å². The Morgan fingerprint density at radius 3 is 2.88 bits per heavy atom. The van der Waals surface area contributed by atoms with Gasteiger partial charge in [-0.25, -0.2) is 0 Å². The Morgan fingerprint density at radius 2 is 2.24 bits per heavy atom. The molecule has 0 heterocycles. The van der Waals surface area contributed by atoms with Gasteiger partial charge in [0, 0.05) is 18.7 Å². The summed E-state index contributed by atoms with van der Waals surface area (Å²) in [6, 6.07) is 6.77. The summed E-state index contributed by atoms with van der Waals surface area (Å²) in [6.07, 6.45) is 2.40. The molecule has 0 radical (unpaired) electrons. The van der Waals surface area contributed by atoms with E-state index < -0.39 is 0 Å². The van der Waals surface area contributed by atoms with Gasteiger partial charge in [-0.3, -0.25) is 10.1 Å². The topological polar surface area (TPSA) is 55.2 Å². The molecular weight excluding hydrogens is 216 g/mol. The van der Waals surface area contributed by atoms with Crippen molar-refractivity contribution in [1.29, 1.82) is 0 Å². The van der Waals surface area contributed by atoms with Crippen molar-refractivity contribution in [2.24, 2.45) is 5.92 Å². The van der Waals surface area contributed by atoms with Crippen molar-refractivity contribution in [3.8, 4) is 0 Å². The van der Waals surface area contributed by atoms with Crippen molar-refractivity contribution < 1.29 is 4.92 Å². The van der Waals surface area contributed by atoms with Crippen LogP contribution in [0.1, 0.15) is 32.3 Å². The first-order chi connectivity index (χ1) is 8.13. The van der Waals surface area contributed by atoms with E-state index in [1.54, 1.807) is 12.1 Å². The predicted octanol–water partition coefficient (Wildman–Crippen LogP) is 3.12. The molecule has 0 saturated carbocycles. The second kappa shape index (κ2) is 7.01. The first-order valence-corrected chi connectivity index (χ1v) is 6.07. The second-order valence-corrected chi connectivity index (χ2v) is 4.45. The molecule has 1 aromatic carbocycles. The van der Waals surface area contributed by atoms with Crippen LogP contribution in [0.5, 0.6) is 0 Å². The number of hydrogen-bond acceptors (Lipinski definition) is 3. The largest absolute Gasteiger partial charge is 0.312 e. The van der Waals surface area contributed by atoms with Crippen LogP contribution < -0.4 is 5.32 Å². The molecule has 4 nitrogen and oxygen atoms in total. The van der Waals surface area contributed by atoms with E-state index in [1.165, 1.54) is 18.9 Å². The van der Waals surface area contributed by atoms with Gasteiger partial charge >= 0.3 is 0 Å². The summed E-state index contributed by atoms with van der Waals surface area (Å²) in [5.41, 5.74) is 1.12. The third kappa shape index (κ3) is 4.95. The van der Waals surface area contributed by atoms with Crippen LogP contribution in [0.3, 0.4) is 0 Å². The van der Waals surface area contributed by atoms with Gasteiger partial charge in [-0.2, -0.15) is 0 Å². The monoisotopic (exact) mass is 236 g/mol. The fraction of sp³-hybridized carbons (Fsp3) is 0.538. The number of rotatable bonds is 7. The maximum absolute atomic E-state index is 10.6. The van der Waals surface area contributed by atoms with Gasteiger partial charge in [-0.15, -0.1) is 0 Å². The van der Waals surface area contributed by atoms with Gasteiger partial charge in [-0.05, 0) is 24.4 Å². The Hall–Kier alpha value is -1.42. The van der Waals surface area contributed by atoms with Crippen molar-refractivity contribution in [3.05, 3.63) is 39.9 Å². The summed E-state index contributed by atoms with van der Waals surface area (Å²) in [6.45, 7) is 6.03. The number of nitrogens with one attached hydrogen (secondary N) is 1. The van der Waals surface area contributed by atoms with E-state index in [0.717, 1.165) is 12.1 Å². The van der Waals surface area contributed by atoms with E-state index in [1.807, 2.05) is 6.07 Å². The van der Waals surface area contributed by atoms with E-state index in [-0.39, 0.29) is 10.6 Å². The lowest BCUT2D eigenvalue weighted by atomic mass is 10.1. The standard InChI is InChI=1S/C13H20N2O2/c1-3-5-11(2)9-14-10-12-6-4-7-13(8-12)15(16)17/h4,6-8,11,14H,3,5,9-10H2,1-2H3. The summed E-state index contributed by atoms with van der Waals surface area (Å²) in [7, 11) is 0. The number of nitro benzene ring substituents is 1. The number of non-ortho nitro benzene ring substituents is 1. The average Bonchev–Trinajstić information content (AvgIpc) is 2.30. The predicted molar refractivity (Wildman–Crippen MR) is 68.9 cm³/mol. The van der Waals surface area contributed by atoms with E-state index in [2.05, 4.69) is 19.2 Å². The van der Waals surface area contributed by atoms with Crippen molar-refractivity contribution >= 4 is 5.69 Å². The van der Waals surface area contributed by atoms with Gasteiger partial charge in [0.15, 0.2) is 0 Å². The maximum atomic E-state index is 10.6. The molecule has 4 heteroatoms. The molecule has 0 aliphatic heterocycles. The summed E-state index contributed by atoms with van der Waals surface area (Å²) >= 11 is 0. The van der Waals surface area contributed by atoms with Gasteiger partial charge in [0.2, 0.25) is 0 Å². The maximum Gasteiger partial charge on any atom is 0.269 e. The fourth-order valence-electron chi connectivity index (χ4n) is 1.84. The molecule has 1 aromatic rings. The third-order valence-corrected chi connectivity index (χ3v) is 2.72. The van der Waals surface area contributed by atoms with Crippen LogP contribution in [-0.2, 0) is 6.54 Å². The van der Waals surface area contributed by atoms with E-state index in [9.17, 15) is 10.1 Å². The summed E-state index contributed by atoms with van der Waals surface area (Å²) < 4.78 is 0. The zero-order valence-electron chi connectivity index (χ0n) is 10.5. The highest BCUT2D eigenvalue weighted by molar-refractivity contribution is 5.34. The highest BCUT2D eigenvalue weighted by Crippen LogP contribution is 2.13. The average molecular weight is 236 g/mol. The van der Waals surface area contributed by atoms with E-state index in [0.29, 0.717) is 12.5 Å². The molecule has 0 spiro atoms. The molecule has 0 aromatic heterocycles. The molecule has 94 valence electrons. The molecule has 1 N–H and O–H groups in total. The first kappa shape index (κ1) is 13.6. The minimum atomic E-state index is -0.358. The van der Waals surface area contributed by atoms with Crippen LogP contribution in [0.4, 0.5) is 5.69 Å². The van der Waals surface area contributed by atoms with Crippen LogP contribution in [0.2, 0.25) is 0 Å². The second-order valence-electron chi connectivity index (χ2n) is 4.45. The van der Waals surface area contributed by atoms with Crippen LogP contribution in [0.25, 0.3) is 0 Å². The van der Waals surface area contributed by atoms with Crippen LogP contribution >= 0.6 is 0 Å². The van der Waals surface area contributed by atoms with Gasteiger partial charge in [0.1, 0.15) is 0 Å². The molecule has 0 amide bonds. The van der Waals surface area contributed by atoms with E-state index in [4.69, 9.17) is 0 Å². The normalized spacial score (nSPS) is 12.4. The SMILES string of the molecule is CCCC(C)CNCc1cccc([N+](=O)[O-])c1. The van der Waals surface area contributed by atoms with Gasteiger partial charge in [-0.1, -0.05) is 32.4 Å². The Balaban J connectivity index is 2.41. The molecule has 0 fully saturated rings. The fourth-order valence-corrected chi connectivity index (χ4v) is 1.84. The van der Waals surface area contributed by atoms with Crippen molar-refractivity contribution in [1.82, 2.24) is 5.32 Å². The van der Waals surface area contributed by atoms with Crippen LogP contribution in [-0.4, -0.2) is 11.5 Å². The lowest BCUT2D eigenvalue weighted by molar-refractivity contribution is -0.384. The Bertz CT molecular complexity index is 366. The quantitative estimate of drug-likeness (QED) is 0.584. The van der Waals surface area contributed by atoms with Crippen LogP contribution in [0, 0.1) is 16.0 Å². The molecule has 0 aliphatic carbocycles. The zero-order valence-corrected chi connectivity index (χ0v) is 10.5. The third-order valence-electron chi connectivity index (χ3n) is 2.72. The number of nitrogens with zero attached hydrogens (tertiary/aromatic N) is 1. The highest BCUT2D eigenvalue weighted by atomic mass is 16.6. The Labute approximate surface area is 102 Å². The van der Waals surface area contributed by atoms with Gasteiger partial charge in [0.25, 0.3) is 5.69 Å². The molecule has 0 aliphatic rings. The summed E-state index contributed by atoms with van der Waals surface area (Å²) in [4.78, 5) is 10.2. The Kier molecular flexibility index (Phi) is 5.63. The molecule has 17 heavy (non-hydrogen) atoms. The lowest BCUT2D eigenvalue weighted by Gasteiger charge is -2.11. The molecule has 0 bridgehead atoms. The molecule has 0 saturated heterocycles. The number of hydrogen-bond donors (Lipinski definition) is 1. The number of nitro groups is 1. The highest BCUT2D eigenvalue weighted by Gasteiger charge is 2.05. The van der Waals surface area contributed by atoms with Gasteiger partial charge < -0.3 is 5.32 Å². The Morgan fingerprint density at radius 1 is 1.47 bits per heavy atom. The molecular formula is C13H20N2O2.